The molecule has 3 N–H and O–H groups in total. The van der Waals surface area contributed by atoms with Gasteiger partial charge in [-0.2, -0.15) is 0 Å². The minimum absolute atomic E-state index is 0.163. The van der Waals surface area contributed by atoms with E-state index in [1.165, 1.54) is 0 Å². The number of benzene rings is 2. The fourth-order valence-electron chi connectivity index (χ4n) is 3.35. The molecular weight excluding hydrogens is 372 g/mol. The van der Waals surface area contributed by atoms with Crippen LogP contribution < -0.4 is 11.1 Å². The van der Waals surface area contributed by atoms with Crippen LogP contribution in [0.15, 0.2) is 47.0 Å². The molecule has 2 heterocycles. The Hall–Kier alpha value is -3.10. The van der Waals surface area contributed by atoms with Gasteiger partial charge in [-0.05, 0) is 28.8 Å². The fraction of sp³-hybridized carbons (Fsp3) is 0.333. The molecule has 0 unspecified atom stereocenters. The molecule has 1 aromatic heterocycles. The third-order valence-corrected chi connectivity index (χ3v) is 4.96. The highest BCUT2D eigenvalue weighted by molar-refractivity contribution is 5.91. The molecule has 1 amide bonds. The third kappa shape index (κ3) is 4.85. The van der Waals surface area contributed by atoms with E-state index in [9.17, 15) is 4.79 Å². The van der Waals surface area contributed by atoms with Crippen molar-refractivity contribution in [3.05, 3.63) is 48.0 Å². The summed E-state index contributed by atoms with van der Waals surface area (Å²) in [6, 6.07) is 13.8. The van der Waals surface area contributed by atoms with Gasteiger partial charge in [0.25, 0.3) is 0 Å². The van der Waals surface area contributed by atoms with Crippen molar-refractivity contribution in [3.63, 3.8) is 0 Å². The molecule has 152 valence electrons. The molecule has 2 aromatic carbocycles. The lowest BCUT2D eigenvalue weighted by molar-refractivity contribution is 0.0398. The van der Waals surface area contributed by atoms with Gasteiger partial charge in [0.15, 0.2) is 11.4 Å². The predicted molar refractivity (Wildman–Crippen MR) is 110 cm³/mol. The normalized spacial score (nSPS) is 14.8. The molecule has 1 aliphatic heterocycles. The molecular formula is C21H24N4O4. The van der Waals surface area contributed by atoms with Crippen molar-refractivity contribution in [3.8, 4) is 11.1 Å². The molecule has 29 heavy (non-hydrogen) atoms. The number of anilines is 1. The highest BCUT2D eigenvalue weighted by Crippen LogP contribution is 2.28. The van der Waals surface area contributed by atoms with Crippen molar-refractivity contribution in [1.82, 2.24) is 10.1 Å². The molecule has 4 rings (SSSR count). The first kappa shape index (κ1) is 19.2. The number of amides is 1. The van der Waals surface area contributed by atoms with Crippen LogP contribution >= 0.6 is 0 Å². The summed E-state index contributed by atoms with van der Waals surface area (Å²) >= 11 is 0. The lowest BCUT2D eigenvalue weighted by Gasteiger charge is -2.26. The topological polar surface area (TPSA) is 103 Å². The number of nitrogens with one attached hydrogen (secondary N) is 1. The number of nitrogens with zero attached hydrogens (tertiary/aromatic N) is 2. The molecule has 1 aliphatic rings. The third-order valence-electron chi connectivity index (χ3n) is 4.96. The lowest BCUT2D eigenvalue weighted by Crippen LogP contribution is -2.39. The van der Waals surface area contributed by atoms with E-state index < -0.39 is 6.09 Å². The first-order chi connectivity index (χ1) is 14.2. The zero-order chi connectivity index (χ0) is 20.1. The summed E-state index contributed by atoms with van der Waals surface area (Å²) in [5.74, 6) is 0.763. The van der Waals surface area contributed by atoms with E-state index in [0.29, 0.717) is 0 Å². The monoisotopic (exact) mass is 396 g/mol. The maximum Gasteiger partial charge on any atom is 0.404 e. The minimum Gasteiger partial charge on any atom is -0.445 e. The van der Waals surface area contributed by atoms with Crippen LogP contribution in [0.3, 0.4) is 0 Å². The van der Waals surface area contributed by atoms with E-state index in [1.54, 1.807) is 0 Å². The number of primary amides is 1. The van der Waals surface area contributed by atoms with Crippen molar-refractivity contribution in [1.29, 1.82) is 0 Å². The Labute approximate surface area is 168 Å². The number of hydrogen-bond donors (Lipinski definition) is 2. The molecule has 1 fully saturated rings. The summed E-state index contributed by atoms with van der Waals surface area (Å²) in [4.78, 5) is 13.1. The standard InChI is InChI=1S/C21H24N4O4/c22-21(26)28-14-15-1-3-16(4-2-15)17-5-6-18-19(13-17)29-24-20(18)23-7-8-25-9-11-27-12-10-25/h1-6,13H,7-12,14H2,(H2,22,26)(H,23,24). The summed E-state index contributed by atoms with van der Waals surface area (Å²) in [5.41, 5.74) is 8.66. The zero-order valence-corrected chi connectivity index (χ0v) is 16.1. The maximum absolute atomic E-state index is 10.7. The van der Waals surface area contributed by atoms with E-state index in [-0.39, 0.29) is 6.61 Å². The first-order valence-corrected chi connectivity index (χ1v) is 9.64. The fourth-order valence-corrected chi connectivity index (χ4v) is 3.35. The first-order valence-electron chi connectivity index (χ1n) is 9.64. The van der Waals surface area contributed by atoms with Crippen LogP contribution in [0.4, 0.5) is 10.6 Å². The predicted octanol–water partition coefficient (Wildman–Crippen LogP) is 2.83. The summed E-state index contributed by atoms with van der Waals surface area (Å²) in [6.07, 6.45) is -0.779. The van der Waals surface area contributed by atoms with Crippen LogP contribution in [0, 0.1) is 0 Å². The maximum atomic E-state index is 10.7. The summed E-state index contributed by atoms with van der Waals surface area (Å²) < 4.78 is 15.7. The van der Waals surface area contributed by atoms with Crippen molar-refractivity contribution < 1.29 is 18.8 Å². The number of nitrogens with two attached hydrogens (primary N) is 1. The second kappa shape index (κ2) is 8.93. The molecule has 0 spiro atoms. The van der Waals surface area contributed by atoms with Gasteiger partial charge in [0.05, 0.1) is 18.6 Å². The minimum atomic E-state index is -0.779. The number of fused-ring (bicyclic) bond motifs is 1. The number of ether oxygens (including phenoxy) is 2. The van der Waals surface area contributed by atoms with Gasteiger partial charge in [0.1, 0.15) is 6.61 Å². The van der Waals surface area contributed by atoms with E-state index in [2.05, 4.69) is 15.4 Å². The second-order valence-electron chi connectivity index (χ2n) is 6.93. The molecule has 0 radical (unpaired) electrons. The Morgan fingerprint density at radius 2 is 1.90 bits per heavy atom. The van der Waals surface area contributed by atoms with E-state index >= 15 is 0 Å². The second-order valence-corrected chi connectivity index (χ2v) is 6.93. The average Bonchev–Trinajstić information content (AvgIpc) is 3.16. The number of morpholine rings is 1. The van der Waals surface area contributed by atoms with Gasteiger partial charge in [0, 0.05) is 26.2 Å². The Bertz CT molecular complexity index is 964. The van der Waals surface area contributed by atoms with Gasteiger partial charge in [0.2, 0.25) is 0 Å². The molecule has 8 nitrogen and oxygen atoms in total. The van der Waals surface area contributed by atoms with Gasteiger partial charge in [-0.25, -0.2) is 4.79 Å². The molecule has 0 bridgehead atoms. The van der Waals surface area contributed by atoms with Crippen LogP contribution in [-0.4, -0.2) is 55.5 Å². The van der Waals surface area contributed by atoms with Crippen molar-refractivity contribution in [2.24, 2.45) is 5.73 Å². The van der Waals surface area contributed by atoms with E-state index in [4.69, 9.17) is 19.7 Å². The molecule has 0 atom stereocenters. The number of carbonyl (C=O) groups is 1. The van der Waals surface area contributed by atoms with Gasteiger partial charge in [-0.3, -0.25) is 4.90 Å². The number of hydrogen-bond acceptors (Lipinski definition) is 7. The number of aromatic nitrogens is 1. The van der Waals surface area contributed by atoms with E-state index in [0.717, 1.165) is 72.9 Å². The average molecular weight is 396 g/mol. The van der Waals surface area contributed by atoms with Crippen LogP contribution in [0.2, 0.25) is 0 Å². The van der Waals surface area contributed by atoms with Crippen LogP contribution in [0.5, 0.6) is 0 Å². The number of rotatable bonds is 7. The van der Waals surface area contributed by atoms with Crippen LogP contribution in [0.25, 0.3) is 22.1 Å². The molecule has 0 saturated carbocycles. The molecule has 3 aromatic rings. The van der Waals surface area contributed by atoms with Gasteiger partial charge in [-0.15, -0.1) is 0 Å². The molecule has 1 saturated heterocycles. The highest BCUT2D eigenvalue weighted by Gasteiger charge is 2.12. The van der Waals surface area contributed by atoms with Gasteiger partial charge >= 0.3 is 6.09 Å². The SMILES string of the molecule is NC(=O)OCc1ccc(-c2ccc3c(NCCN4CCOCC4)noc3c2)cc1. The Kier molecular flexibility index (Phi) is 5.92. The van der Waals surface area contributed by atoms with Crippen LogP contribution in [-0.2, 0) is 16.1 Å². The van der Waals surface area contributed by atoms with E-state index in [1.807, 2.05) is 42.5 Å². The van der Waals surface area contributed by atoms with Crippen LogP contribution in [0.1, 0.15) is 5.56 Å². The summed E-state index contributed by atoms with van der Waals surface area (Å²) in [7, 11) is 0. The van der Waals surface area contributed by atoms with Crippen molar-refractivity contribution >= 4 is 22.9 Å². The highest BCUT2D eigenvalue weighted by atomic mass is 16.5. The van der Waals surface area contributed by atoms with Gasteiger partial charge in [-0.1, -0.05) is 35.5 Å². The molecule has 0 aliphatic carbocycles. The quantitative estimate of drug-likeness (QED) is 0.633. The Morgan fingerprint density at radius 1 is 1.14 bits per heavy atom. The Morgan fingerprint density at radius 3 is 2.66 bits per heavy atom. The summed E-state index contributed by atoms with van der Waals surface area (Å²) in [6.45, 7) is 5.45. The number of carbonyl (C=O) groups excluding carboxylic acids is 1. The van der Waals surface area contributed by atoms with Gasteiger partial charge < -0.3 is 25.0 Å². The largest absolute Gasteiger partial charge is 0.445 e. The van der Waals surface area contributed by atoms with Crippen molar-refractivity contribution in [2.45, 2.75) is 6.61 Å². The Balaban J connectivity index is 1.40. The lowest BCUT2D eigenvalue weighted by atomic mass is 10.0. The zero-order valence-electron chi connectivity index (χ0n) is 16.1. The summed E-state index contributed by atoms with van der Waals surface area (Å²) in [5, 5.41) is 8.50. The van der Waals surface area contributed by atoms with Crippen molar-refractivity contribution in [2.75, 3.05) is 44.7 Å². The smallest absolute Gasteiger partial charge is 0.404 e. The molecule has 8 heteroatoms.